The summed E-state index contributed by atoms with van der Waals surface area (Å²) in [5.74, 6) is 0.663. The van der Waals surface area contributed by atoms with Gasteiger partial charge in [0.15, 0.2) is 11.6 Å². The van der Waals surface area contributed by atoms with Gasteiger partial charge in [-0.15, -0.1) is 0 Å². The number of amides is 1. The van der Waals surface area contributed by atoms with Crippen molar-refractivity contribution in [2.75, 3.05) is 7.11 Å². The molecule has 5 aliphatic rings. The smallest absolute Gasteiger partial charge is 0.223 e. The van der Waals surface area contributed by atoms with E-state index in [-0.39, 0.29) is 40.4 Å². The first kappa shape index (κ1) is 18.2. The molecule has 156 valence electrons. The molecule has 1 amide bonds. The number of rotatable bonds is 4. The quantitative estimate of drug-likeness (QED) is 0.816. The number of carbonyl (C=O) groups excluding carboxylic acids is 1. The highest BCUT2D eigenvalue weighted by Crippen LogP contribution is 2.58. The number of halogens is 1. The van der Waals surface area contributed by atoms with E-state index >= 15 is 4.39 Å². The minimum absolute atomic E-state index is 0.187. The Labute approximate surface area is 175 Å². The van der Waals surface area contributed by atoms with E-state index < -0.39 is 0 Å². The number of aromatic nitrogens is 1. The maximum atomic E-state index is 15.1. The first-order valence-electron chi connectivity index (χ1n) is 11.0. The van der Waals surface area contributed by atoms with Crippen molar-refractivity contribution in [1.29, 1.82) is 5.26 Å². The van der Waals surface area contributed by atoms with Crippen molar-refractivity contribution in [3.05, 3.63) is 29.7 Å². The van der Waals surface area contributed by atoms with Gasteiger partial charge in [0.2, 0.25) is 5.91 Å². The molecule has 6 heteroatoms. The summed E-state index contributed by atoms with van der Waals surface area (Å²) >= 11 is 0. The standard InChI is InChI=1S/C24H26FN3O2/c1-30-19-3-2-18-21(22(19)25)17(12-27-18)24(4-5-24)11-20(29)28-15-6-14-7-16(28)10-23(8-14,9-15)13-26/h2-3,12,14-16,27H,4-11H2,1H3. The zero-order valence-corrected chi connectivity index (χ0v) is 17.2. The van der Waals surface area contributed by atoms with Crippen LogP contribution in [0, 0.1) is 28.5 Å². The van der Waals surface area contributed by atoms with Crippen LogP contribution in [0.4, 0.5) is 4.39 Å². The van der Waals surface area contributed by atoms with Crippen molar-refractivity contribution < 1.29 is 13.9 Å². The Hall–Kier alpha value is -2.55. The minimum atomic E-state index is -0.351. The van der Waals surface area contributed by atoms with Gasteiger partial charge in [0.05, 0.1) is 18.6 Å². The van der Waals surface area contributed by atoms with Crippen molar-refractivity contribution in [2.24, 2.45) is 11.3 Å². The fraction of sp³-hybridized carbons (Fsp3) is 0.583. The van der Waals surface area contributed by atoms with E-state index in [1.54, 1.807) is 6.07 Å². The van der Waals surface area contributed by atoms with E-state index in [2.05, 4.69) is 16.0 Å². The van der Waals surface area contributed by atoms with Gasteiger partial charge in [0, 0.05) is 41.0 Å². The number of carbonyl (C=O) groups is 1. The van der Waals surface area contributed by atoms with Gasteiger partial charge in [-0.2, -0.15) is 5.26 Å². The van der Waals surface area contributed by atoms with Gasteiger partial charge in [-0.05, 0) is 68.6 Å². The van der Waals surface area contributed by atoms with Gasteiger partial charge in [-0.1, -0.05) is 0 Å². The van der Waals surface area contributed by atoms with E-state index in [0.717, 1.165) is 56.0 Å². The second-order valence-electron chi connectivity index (χ2n) is 10.1. The second-order valence-corrected chi connectivity index (χ2v) is 10.1. The molecule has 3 aliphatic carbocycles. The van der Waals surface area contributed by atoms with Gasteiger partial charge in [-0.25, -0.2) is 4.39 Å². The van der Waals surface area contributed by atoms with Gasteiger partial charge < -0.3 is 14.6 Å². The average Bonchev–Trinajstić information content (AvgIpc) is 3.35. The molecule has 2 unspecified atom stereocenters. The van der Waals surface area contributed by atoms with Crippen LogP contribution >= 0.6 is 0 Å². The Kier molecular flexibility index (Phi) is 3.65. The molecule has 1 aromatic carbocycles. The molecular weight excluding hydrogens is 381 g/mol. The Morgan fingerprint density at radius 1 is 1.30 bits per heavy atom. The predicted octanol–water partition coefficient (Wildman–Crippen LogP) is 4.42. The highest BCUT2D eigenvalue weighted by atomic mass is 19.1. The third kappa shape index (κ3) is 2.41. The number of methoxy groups -OCH3 is 1. The number of aromatic amines is 1. The summed E-state index contributed by atoms with van der Waals surface area (Å²) in [6.07, 6.45) is 8.85. The van der Waals surface area contributed by atoms with Crippen LogP contribution in [0.15, 0.2) is 18.3 Å². The van der Waals surface area contributed by atoms with Crippen LogP contribution in [0.1, 0.15) is 56.9 Å². The zero-order chi connectivity index (χ0) is 20.7. The van der Waals surface area contributed by atoms with Crippen molar-refractivity contribution in [2.45, 2.75) is 68.9 Å². The number of hydrogen-bond donors (Lipinski definition) is 1. The van der Waals surface area contributed by atoms with Crippen LogP contribution in [-0.2, 0) is 10.2 Å². The Morgan fingerprint density at radius 3 is 2.67 bits per heavy atom. The summed E-state index contributed by atoms with van der Waals surface area (Å²) in [4.78, 5) is 18.8. The molecule has 4 bridgehead atoms. The summed E-state index contributed by atoms with van der Waals surface area (Å²) in [6, 6.07) is 6.48. The van der Waals surface area contributed by atoms with E-state index in [1.165, 1.54) is 7.11 Å². The van der Waals surface area contributed by atoms with Crippen LogP contribution in [0.5, 0.6) is 5.75 Å². The number of hydrogen-bond acceptors (Lipinski definition) is 3. The van der Waals surface area contributed by atoms with Crippen LogP contribution in [0.3, 0.4) is 0 Å². The molecule has 2 atom stereocenters. The highest BCUT2D eigenvalue weighted by molar-refractivity contribution is 5.89. The summed E-state index contributed by atoms with van der Waals surface area (Å²) in [5, 5.41) is 10.3. The fourth-order valence-corrected chi connectivity index (χ4v) is 6.98. The van der Waals surface area contributed by atoms with Crippen LogP contribution < -0.4 is 4.74 Å². The molecular formula is C24H26FN3O2. The Morgan fingerprint density at radius 2 is 2.03 bits per heavy atom. The molecule has 2 saturated heterocycles. The van der Waals surface area contributed by atoms with Crippen molar-refractivity contribution in [3.8, 4) is 11.8 Å². The molecule has 30 heavy (non-hydrogen) atoms. The number of H-pyrrole nitrogens is 1. The summed E-state index contributed by atoms with van der Waals surface area (Å²) in [7, 11) is 1.47. The number of nitrogens with zero attached hydrogens (tertiary/aromatic N) is 2. The van der Waals surface area contributed by atoms with Gasteiger partial charge in [0.1, 0.15) is 0 Å². The number of ether oxygens (including phenoxy) is 1. The molecule has 1 aromatic heterocycles. The molecule has 3 saturated carbocycles. The maximum Gasteiger partial charge on any atom is 0.223 e. The summed E-state index contributed by atoms with van der Waals surface area (Å²) < 4.78 is 20.2. The van der Waals surface area contributed by atoms with E-state index in [4.69, 9.17) is 4.74 Å². The molecule has 0 spiro atoms. The van der Waals surface area contributed by atoms with Crippen LogP contribution in [-0.4, -0.2) is 35.0 Å². The van der Waals surface area contributed by atoms with Crippen molar-refractivity contribution in [3.63, 3.8) is 0 Å². The maximum absolute atomic E-state index is 15.1. The third-order valence-corrected chi connectivity index (χ3v) is 8.34. The Bertz CT molecular complexity index is 1080. The lowest BCUT2D eigenvalue weighted by molar-refractivity contribution is -0.153. The molecule has 5 fully saturated rings. The fourth-order valence-electron chi connectivity index (χ4n) is 6.98. The zero-order valence-electron chi connectivity index (χ0n) is 17.2. The third-order valence-electron chi connectivity index (χ3n) is 8.34. The first-order chi connectivity index (χ1) is 14.5. The molecule has 2 aromatic rings. The first-order valence-corrected chi connectivity index (χ1v) is 11.0. The number of nitrogens with one attached hydrogen (secondary N) is 1. The number of nitriles is 1. The summed E-state index contributed by atoms with van der Waals surface area (Å²) in [5.41, 5.74) is 1.15. The number of piperidine rings is 2. The van der Waals surface area contributed by atoms with Gasteiger partial charge >= 0.3 is 0 Å². The monoisotopic (exact) mass is 407 g/mol. The topological polar surface area (TPSA) is 69.1 Å². The molecule has 2 aliphatic heterocycles. The largest absolute Gasteiger partial charge is 0.494 e. The van der Waals surface area contributed by atoms with Crippen molar-refractivity contribution in [1.82, 2.24) is 9.88 Å². The molecule has 1 N–H and O–H groups in total. The highest BCUT2D eigenvalue weighted by Gasteiger charge is 2.57. The molecule has 7 rings (SSSR count). The summed E-state index contributed by atoms with van der Waals surface area (Å²) in [6.45, 7) is 0. The lowest BCUT2D eigenvalue weighted by Gasteiger charge is -2.59. The molecule has 0 radical (unpaired) electrons. The number of fused-ring (bicyclic) bond motifs is 1. The normalized spacial score (nSPS) is 33.0. The molecule has 3 heterocycles. The lowest BCUT2D eigenvalue weighted by atomic mass is 9.56. The second kappa shape index (κ2) is 6.00. The SMILES string of the molecule is COc1ccc2[nH]cc(C3(CC(=O)N4C5CC6CC4CC(C#N)(C6)C5)CC3)c2c1F. The van der Waals surface area contributed by atoms with E-state index in [0.29, 0.717) is 17.7 Å². The van der Waals surface area contributed by atoms with Crippen LogP contribution in [0.2, 0.25) is 0 Å². The Balaban J connectivity index is 1.30. The van der Waals surface area contributed by atoms with Gasteiger partial charge in [-0.3, -0.25) is 4.79 Å². The van der Waals surface area contributed by atoms with Crippen molar-refractivity contribution >= 4 is 16.8 Å². The van der Waals surface area contributed by atoms with Gasteiger partial charge in [0.25, 0.3) is 0 Å². The molecule has 5 nitrogen and oxygen atoms in total. The van der Waals surface area contributed by atoms with E-state index in [1.807, 2.05) is 12.3 Å². The predicted molar refractivity (Wildman–Crippen MR) is 109 cm³/mol. The van der Waals surface area contributed by atoms with E-state index in [9.17, 15) is 10.1 Å². The van der Waals surface area contributed by atoms with Crippen LogP contribution in [0.25, 0.3) is 10.9 Å². The number of benzene rings is 1. The average molecular weight is 407 g/mol. The minimum Gasteiger partial charge on any atom is -0.494 e. The lowest BCUT2D eigenvalue weighted by Crippen LogP contribution is -2.63.